The van der Waals surface area contributed by atoms with Crippen LogP contribution in [0, 0.1) is 5.92 Å². The molecule has 0 saturated carbocycles. The second-order valence-corrected chi connectivity index (χ2v) is 7.42. The normalized spacial score (nSPS) is 25.9. The number of alkyl halides is 3. The van der Waals surface area contributed by atoms with E-state index in [9.17, 15) is 13.2 Å². The highest BCUT2D eigenvalue weighted by Gasteiger charge is 2.32. The third-order valence-electron chi connectivity index (χ3n) is 4.64. The van der Waals surface area contributed by atoms with Gasteiger partial charge in [0, 0.05) is 25.4 Å². The molecule has 24 heavy (non-hydrogen) atoms. The van der Waals surface area contributed by atoms with Gasteiger partial charge >= 0.3 is 6.18 Å². The van der Waals surface area contributed by atoms with Gasteiger partial charge in [0.25, 0.3) is 0 Å². The molecule has 1 aromatic carbocycles. The molecule has 1 aromatic rings. The fourth-order valence-corrected chi connectivity index (χ4v) is 3.83. The van der Waals surface area contributed by atoms with E-state index in [0.717, 1.165) is 49.5 Å². The molecule has 2 aliphatic rings. The zero-order chi connectivity index (χ0) is 17.2. The predicted octanol–water partition coefficient (Wildman–Crippen LogP) is 4.80. The van der Waals surface area contributed by atoms with E-state index in [2.05, 4.69) is 26.0 Å². The molecule has 1 saturated heterocycles. The van der Waals surface area contributed by atoms with E-state index < -0.39 is 11.7 Å². The summed E-state index contributed by atoms with van der Waals surface area (Å²) in [6.45, 7) is 2.27. The van der Waals surface area contributed by atoms with Crippen molar-refractivity contribution in [2.24, 2.45) is 11.1 Å². The minimum atomic E-state index is -4.29. The number of nitrogens with zero attached hydrogens (tertiary/aromatic N) is 2. The smallest absolute Gasteiger partial charge is 0.391 e. The lowest BCUT2D eigenvalue weighted by atomic mass is 9.95. The summed E-state index contributed by atoms with van der Waals surface area (Å²) in [5.41, 5.74) is 0.123. The molecule has 0 radical (unpaired) electrons. The molecule has 1 fully saturated rings. The molecule has 3 rings (SSSR count). The van der Waals surface area contributed by atoms with Crippen molar-refractivity contribution in [3.8, 4) is 0 Å². The Morgan fingerprint density at radius 1 is 1.29 bits per heavy atom. The molecule has 3 nitrogen and oxygen atoms in total. The van der Waals surface area contributed by atoms with Gasteiger partial charge in [-0.1, -0.05) is 29.8 Å². The van der Waals surface area contributed by atoms with Crippen LogP contribution in [0.3, 0.4) is 0 Å². The molecule has 2 aliphatic heterocycles. The van der Waals surface area contributed by atoms with Gasteiger partial charge in [0.15, 0.2) is 0 Å². The number of hydrogen-bond donors (Lipinski definition) is 0. The quantitative estimate of drug-likeness (QED) is 0.722. The van der Waals surface area contributed by atoms with Crippen LogP contribution in [0.5, 0.6) is 0 Å². The highest BCUT2D eigenvalue weighted by atomic mass is 79.9. The molecule has 7 heteroatoms. The molecule has 132 valence electrons. The van der Waals surface area contributed by atoms with Crippen LogP contribution in [0.2, 0.25) is 0 Å². The van der Waals surface area contributed by atoms with Crippen LogP contribution >= 0.6 is 15.9 Å². The number of rotatable bonds is 3. The first-order valence-electron chi connectivity index (χ1n) is 8.18. The van der Waals surface area contributed by atoms with Gasteiger partial charge in [-0.05, 0) is 46.9 Å². The van der Waals surface area contributed by atoms with Gasteiger partial charge in [0.1, 0.15) is 10.7 Å². The number of oxime groups is 1. The highest BCUT2D eigenvalue weighted by Crippen LogP contribution is 2.31. The van der Waals surface area contributed by atoms with Crippen molar-refractivity contribution in [3.05, 3.63) is 35.4 Å². The van der Waals surface area contributed by atoms with Gasteiger partial charge in [-0.3, -0.25) is 4.90 Å². The van der Waals surface area contributed by atoms with Crippen molar-refractivity contribution in [2.45, 2.75) is 44.5 Å². The molecular formula is C17H20BrF3N2O. The van der Waals surface area contributed by atoms with Gasteiger partial charge in [0.2, 0.25) is 0 Å². The molecule has 0 aromatic heterocycles. The number of benzene rings is 1. The van der Waals surface area contributed by atoms with Gasteiger partial charge in [-0.25, -0.2) is 0 Å². The summed E-state index contributed by atoms with van der Waals surface area (Å²) in [5, 5.41) is 3.96. The van der Waals surface area contributed by atoms with Gasteiger partial charge in [0.05, 0.1) is 5.56 Å². The fourth-order valence-electron chi connectivity index (χ4n) is 3.43. The van der Waals surface area contributed by atoms with E-state index in [4.69, 9.17) is 4.84 Å². The Balaban J connectivity index is 1.65. The fraction of sp³-hybridized carbons (Fsp3) is 0.588. The van der Waals surface area contributed by atoms with Crippen LogP contribution in [-0.4, -0.2) is 28.7 Å². The average molecular weight is 405 g/mol. The monoisotopic (exact) mass is 404 g/mol. The van der Waals surface area contributed by atoms with E-state index >= 15 is 0 Å². The Bertz CT molecular complexity index is 606. The lowest BCUT2D eigenvalue weighted by Crippen LogP contribution is -2.33. The Kier molecular flexibility index (Phi) is 5.49. The number of likely N-dealkylation sites (tertiary alicyclic amines) is 1. The topological polar surface area (TPSA) is 24.8 Å². The molecule has 0 spiro atoms. The van der Waals surface area contributed by atoms with Crippen LogP contribution in [0.25, 0.3) is 0 Å². The molecule has 0 unspecified atom stereocenters. The summed E-state index contributed by atoms with van der Waals surface area (Å²) >= 11 is 3.37. The number of halogens is 4. The molecule has 2 atom stereocenters. The SMILES string of the molecule is FC(F)(F)c1cccc(CN2CCCC[C@@H]([C@H]3CC(Br)=NO3)C2)c1. The zero-order valence-corrected chi connectivity index (χ0v) is 14.8. The number of hydrogen-bond acceptors (Lipinski definition) is 3. The van der Waals surface area contributed by atoms with Crippen molar-refractivity contribution in [1.29, 1.82) is 0 Å². The second kappa shape index (κ2) is 7.44. The van der Waals surface area contributed by atoms with Crippen LogP contribution in [0.15, 0.2) is 29.4 Å². The third kappa shape index (κ3) is 4.51. The van der Waals surface area contributed by atoms with Crippen molar-refractivity contribution in [1.82, 2.24) is 4.90 Å². The van der Waals surface area contributed by atoms with E-state index in [1.165, 1.54) is 12.1 Å². The Hall–Kier alpha value is -1.08. The van der Waals surface area contributed by atoms with Gasteiger partial charge in [-0.15, -0.1) is 0 Å². The van der Waals surface area contributed by atoms with Gasteiger partial charge < -0.3 is 4.84 Å². The van der Waals surface area contributed by atoms with Crippen molar-refractivity contribution in [3.63, 3.8) is 0 Å². The summed E-state index contributed by atoms with van der Waals surface area (Å²) in [6, 6.07) is 5.63. The first-order chi connectivity index (χ1) is 11.4. The maximum absolute atomic E-state index is 12.9. The maximum Gasteiger partial charge on any atom is 0.416 e. The van der Waals surface area contributed by atoms with Crippen molar-refractivity contribution < 1.29 is 18.0 Å². The van der Waals surface area contributed by atoms with Crippen molar-refractivity contribution >= 4 is 20.6 Å². The van der Waals surface area contributed by atoms with Gasteiger partial charge in [-0.2, -0.15) is 13.2 Å². The first kappa shape index (κ1) is 17.7. The largest absolute Gasteiger partial charge is 0.416 e. The summed E-state index contributed by atoms with van der Waals surface area (Å²) in [6.07, 6.45) is -0.201. The highest BCUT2D eigenvalue weighted by molar-refractivity contribution is 9.18. The van der Waals surface area contributed by atoms with E-state index in [0.29, 0.717) is 18.0 Å². The van der Waals surface area contributed by atoms with E-state index in [1.807, 2.05) is 0 Å². The predicted molar refractivity (Wildman–Crippen MR) is 89.9 cm³/mol. The standard InChI is InChI=1S/C17H20BrF3N2O/c18-16-9-15(24-22-16)13-5-1-2-7-23(11-13)10-12-4-3-6-14(8-12)17(19,20)21/h3-4,6,8,13,15H,1-2,5,7,9-11H2/t13-,15-/m1/s1. The minimum Gasteiger partial charge on any atom is -0.391 e. The Morgan fingerprint density at radius 2 is 2.12 bits per heavy atom. The van der Waals surface area contributed by atoms with E-state index in [1.54, 1.807) is 6.07 Å². The lowest BCUT2D eigenvalue weighted by Gasteiger charge is -2.27. The average Bonchev–Trinajstić information content (AvgIpc) is 2.82. The van der Waals surface area contributed by atoms with E-state index in [-0.39, 0.29) is 6.10 Å². The van der Waals surface area contributed by atoms with Crippen molar-refractivity contribution in [2.75, 3.05) is 13.1 Å². The minimum absolute atomic E-state index is 0.0708. The van der Waals surface area contributed by atoms with Crippen LogP contribution in [-0.2, 0) is 17.6 Å². The maximum atomic E-state index is 12.9. The summed E-state index contributed by atoms with van der Waals surface area (Å²) in [4.78, 5) is 7.73. The summed E-state index contributed by atoms with van der Waals surface area (Å²) in [7, 11) is 0. The van der Waals surface area contributed by atoms with Crippen LogP contribution < -0.4 is 0 Å². The Labute approximate surface area is 148 Å². The third-order valence-corrected chi connectivity index (χ3v) is 5.10. The molecule has 2 heterocycles. The molecule has 0 N–H and O–H groups in total. The molecule has 0 bridgehead atoms. The lowest BCUT2D eigenvalue weighted by molar-refractivity contribution is -0.137. The van der Waals surface area contributed by atoms with Crippen LogP contribution in [0.4, 0.5) is 13.2 Å². The second-order valence-electron chi connectivity index (χ2n) is 6.50. The zero-order valence-electron chi connectivity index (χ0n) is 13.2. The Morgan fingerprint density at radius 3 is 2.83 bits per heavy atom. The summed E-state index contributed by atoms with van der Waals surface area (Å²) in [5.74, 6) is 0.358. The molecular weight excluding hydrogens is 385 g/mol. The first-order valence-corrected chi connectivity index (χ1v) is 8.98. The molecule has 0 aliphatic carbocycles. The molecule has 0 amide bonds. The summed E-state index contributed by atoms with van der Waals surface area (Å²) < 4.78 is 39.4. The van der Waals surface area contributed by atoms with Crippen LogP contribution in [0.1, 0.15) is 36.8 Å².